The van der Waals surface area contributed by atoms with Gasteiger partial charge in [0.2, 0.25) is 0 Å². The summed E-state index contributed by atoms with van der Waals surface area (Å²) in [4.78, 5) is 0.152. The minimum atomic E-state index is -1.49. The van der Waals surface area contributed by atoms with Crippen molar-refractivity contribution in [1.82, 2.24) is 4.57 Å². The standard InChI is InChI=1S/C60H42N2/c1-4-16-43(17-5-1)44-28-35-50(36-29-44)61(52-39-32-48(33-40-52)54-23-11-10-22-53(54)46-18-6-2-7-19-46)51-37-30-45(31-38-51)49-34-41-60-57(42-49)56-25-13-15-27-59(56)62(60)58-26-14-12-24-55(58)47-20-8-3-9-21-47/h1-42H/i1D,2D,3D,4D,5D,6D,7D,8D,9D,10D,11D,12D,13D,14D,15D,16D,17D,18D,19D,20D,21D,22D,23D,24D,25D,26D,27D,28D,29D,30D,31D,32D,33D,34D,35D,36D,37D,38D,39D,40D,41D,42D. The van der Waals surface area contributed by atoms with E-state index in [2.05, 4.69) is 0 Å². The van der Waals surface area contributed by atoms with Gasteiger partial charge in [0, 0.05) is 33.4 Å². The van der Waals surface area contributed by atoms with Crippen LogP contribution in [0, 0.1) is 0 Å². The molecule has 0 atom stereocenters. The number of para-hydroxylation sites is 2. The highest BCUT2D eigenvalue weighted by Crippen LogP contribution is 2.41. The molecule has 10 aromatic carbocycles. The van der Waals surface area contributed by atoms with Gasteiger partial charge in [-0.15, -0.1) is 0 Å². The summed E-state index contributed by atoms with van der Waals surface area (Å²) in [6.07, 6.45) is 0. The first-order chi connectivity index (χ1) is 48.2. The number of benzene rings is 10. The fraction of sp³-hybridized carbons (Fsp3) is 0. The van der Waals surface area contributed by atoms with Gasteiger partial charge in [0.25, 0.3) is 0 Å². The van der Waals surface area contributed by atoms with Crippen LogP contribution >= 0.6 is 0 Å². The topological polar surface area (TPSA) is 8.17 Å². The molecule has 0 bridgehead atoms. The van der Waals surface area contributed by atoms with E-state index in [0.29, 0.717) is 4.57 Å². The van der Waals surface area contributed by atoms with Crippen LogP contribution in [0.3, 0.4) is 0 Å². The molecule has 0 unspecified atom stereocenters. The highest BCUT2D eigenvalue weighted by atomic mass is 15.1. The van der Waals surface area contributed by atoms with Crippen molar-refractivity contribution in [2.24, 2.45) is 0 Å². The molecular formula is C60H42N2. The van der Waals surface area contributed by atoms with E-state index in [4.69, 9.17) is 31.5 Å². The average Bonchev–Trinajstić information content (AvgIpc) is 1.37. The Balaban J connectivity index is 1.29. The van der Waals surface area contributed by atoms with Gasteiger partial charge in [-0.3, -0.25) is 0 Å². The highest BCUT2D eigenvalue weighted by Gasteiger charge is 2.18. The maximum absolute atomic E-state index is 9.99. The molecule has 11 aromatic rings. The molecule has 0 aliphatic carbocycles. The van der Waals surface area contributed by atoms with Gasteiger partial charge in [0.1, 0.15) is 0 Å². The largest absolute Gasteiger partial charge is 0.311 e. The monoisotopic (exact) mass is 833 g/mol. The molecule has 0 saturated heterocycles. The van der Waals surface area contributed by atoms with Crippen LogP contribution in [0.25, 0.3) is 83.1 Å². The molecule has 1 heterocycles. The van der Waals surface area contributed by atoms with Gasteiger partial charge < -0.3 is 9.47 Å². The van der Waals surface area contributed by atoms with E-state index in [9.17, 15) is 26.0 Å². The maximum atomic E-state index is 9.99. The van der Waals surface area contributed by atoms with Crippen molar-refractivity contribution in [2.45, 2.75) is 0 Å². The molecule has 2 heteroatoms. The molecule has 0 fully saturated rings. The summed E-state index contributed by atoms with van der Waals surface area (Å²) in [5.74, 6) is 0. The Kier molecular flexibility index (Phi) is 3.48. The van der Waals surface area contributed by atoms with Crippen molar-refractivity contribution >= 4 is 38.9 Å². The SMILES string of the molecule is [2H]c1c([2H])c([2H])c(-c2c([2H])c([2H])c(N(c3c([2H])c([2H])c(-c4c([2H])c([2H])c([2H])c([2H])c4-c4c([2H])c([2H])c([2H])c([2H])c4[2H])c([2H])c3[2H])c3c([2H])c([2H])c(-c4c([2H])c([2H])c5c(c4[2H])c4c([2H])c([2H])c([2H])c([2H])c4n5-c4c([2H])c([2H])c([2H])c([2H])c4-c4c([2H])c([2H])c([2H])c([2H])c4[2H])c([2H])c3[2H])c([2H])c2[2H])c([2H])c1[2H]. The van der Waals surface area contributed by atoms with Crippen LogP contribution in [0.1, 0.15) is 57.6 Å². The smallest absolute Gasteiger partial charge is 0.0645 e. The third kappa shape index (κ3) is 6.84. The lowest BCUT2D eigenvalue weighted by Gasteiger charge is -2.26. The van der Waals surface area contributed by atoms with Crippen LogP contribution < -0.4 is 4.90 Å². The van der Waals surface area contributed by atoms with Gasteiger partial charge in [-0.25, -0.2) is 0 Å². The highest BCUT2D eigenvalue weighted by molar-refractivity contribution is 6.11. The number of nitrogens with zero attached hydrogens (tertiary/aromatic N) is 2. The summed E-state index contributed by atoms with van der Waals surface area (Å²) < 4.78 is 382. The molecule has 1 aromatic heterocycles. The van der Waals surface area contributed by atoms with Crippen molar-refractivity contribution in [1.29, 1.82) is 0 Å². The second-order valence-electron chi connectivity index (χ2n) is 12.5. The molecule has 0 amide bonds. The average molecular weight is 833 g/mol. The van der Waals surface area contributed by atoms with E-state index in [1.54, 1.807) is 0 Å². The lowest BCUT2D eigenvalue weighted by molar-refractivity contribution is 1.18. The molecule has 11 rings (SSSR count). The van der Waals surface area contributed by atoms with Crippen LogP contribution in [0.15, 0.2) is 254 Å². The summed E-state index contributed by atoms with van der Waals surface area (Å²) in [6, 6.07) is -49.5. The van der Waals surface area contributed by atoms with Crippen molar-refractivity contribution in [3.8, 4) is 61.3 Å². The van der Waals surface area contributed by atoms with Gasteiger partial charge in [0.05, 0.1) is 74.3 Å². The van der Waals surface area contributed by atoms with Crippen LogP contribution in [-0.2, 0) is 0 Å². The van der Waals surface area contributed by atoms with Crippen LogP contribution in [0.4, 0.5) is 17.1 Å². The molecule has 0 spiro atoms. The first-order valence-electron chi connectivity index (χ1n) is 38.8. The van der Waals surface area contributed by atoms with E-state index in [1.165, 1.54) is 0 Å². The first-order valence-corrected chi connectivity index (χ1v) is 17.8. The molecule has 0 saturated carbocycles. The Morgan fingerprint density at radius 2 is 0.645 bits per heavy atom. The van der Waals surface area contributed by atoms with Crippen LogP contribution in [-0.4, -0.2) is 4.57 Å². The Morgan fingerprint density at radius 3 is 1.23 bits per heavy atom. The number of fused-ring (bicyclic) bond motifs is 3. The Labute approximate surface area is 421 Å². The predicted octanol–water partition coefficient (Wildman–Crippen LogP) is 16.6. The maximum Gasteiger partial charge on any atom is 0.0645 e. The Hall–Kier alpha value is -8.20. The number of rotatable bonds is 9. The number of hydrogen-bond acceptors (Lipinski definition) is 1. The summed E-state index contributed by atoms with van der Waals surface area (Å²) in [5.41, 5.74) is -16.9. The Bertz CT molecular complexity index is 5660. The van der Waals surface area contributed by atoms with Crippen molar-refractivity contribution < 1.29 is 57.6 Å². The normalized spacial score (nSPS) is 20.7. The van der Waals surface area contributed by atoms with Gasteiger partial charge in [0.15, 0.2) is 0 Å². The minimum absolute atomic E-state index is 0.152. The number of aromatic nitrogens is 1. The van der Waals surface area contributed by atoms with E-state index < -0.39 is 354 Å². The van der Waals surface area contributed by atoms with E-state index in [0.717, 1.165) is 0 Å². The van der Waals surface area contributed by atoms with Crippen molar-refractivity contribution in [2.75, 3.05) is 4.90 Å². The van der Waals surface area contributed by atoms with Crippen LogP contribution in [0.5, 0.6) is 0 Å². The fourth-order valence-electron chi connectivity index (χ4n) is 6.29. The second kappa shape index (κ2) is 16.1. The summed E-state index contributed by atoms with van der Waals surface area (Å²) in [7, 11) is 0. The first kappa shape index (κ1) is 13.4. The van der Waals surface area contributed by atoms with Gasteiger partial charge >= 0.3 is 0 Å². The zero-order valence-corrected chi connectivity index (χ0v) is 30.9. The number of anilines is 3. The lowest BCUT2D eigenvalue weighted by atomic mass is 9.94. The molecule has 0 radical (unpaired) electrons. The molecule has 0 aliphatic rings. The van der Waals surface area contributed by atoms with Gasteiger partial charge in [-0.2, -0.15) is 0 Å². The van der Waals surface area contributed by atoms with Gasteiger partial charge in [-0.05, 0) is 110 Å². The molecule has 292 valence electrons. The molecular weight excluding hydrogens is 749 g/mol. The summed E-state index contributed by atoms with van der Waals surface area (Å²) in [5, 5.41) is -1.65. The number of hydrogen-bond donors (Lipinski definition) is 0. The predicted molar refractivity (Wildman–Crippen MR) is 263 cm³/mol. The minimum Gasteiger partial charge on any atom is -0.311 e. The zero-order valence-electron chi connectivity index (χ0n) is 72.9. The second-order valence-corrected chi connectivity index (χ2v) is 12.5. The molecule has 0 aliphatic heterocycles. The lowest BCUT2D eigenvalue weighted by Crippen LogP contribution is -2.09. The third-order valence-corrected chi connectivity index (χ3v) is 8.99. The van der Waals surface area contributed by atoms with E-state index in [1.807, 2.05) is 0 Å². The zero-order chi connectivity index (χ0) is 77.8. The summed E-state index contributed by atoms with van der Waals surface area (Å²) >= 11 is 0. The van der Waals surface area contributed by atoms with E-state index in [-0.39, 0.29) is 4.90 Å². The van der Waals surface area contributed by atoms with Gasteiger partial charge in [-0.1, -0.05) is 193 Å². The van der Waals surface area contributed by atoms with Crippen molar-refractivity contribution in [3.05, 3.63) is 254 Å². The quantitative estimate of drug-likeness (QED) is 0.141. The van der Waals surface area contributed by atoms with Crippen molar-refractivity contribution in [3.63, 3.8) is 0 Å². The van der Waals surface area contributed by atoms with E-state index >= 15 is 0 Å². The van der Waals surface area contributed by atoms with Crippen LogP contribution in [0.2, 0.25) is 0 Å². The summed E-state index contributed by atoms with van der Waals surface area (Å²) in [6.45, 7) is 0. The molecule has 0 N–H and O–H groups in total. The Morgan fingerprint density at radius 1 is 0.274 bits per heavy atom. The molecule has 2 nitrogen and oxygen atoms in total. The molecule has 62 heavy (non-hydrogen) atoms. The third-order valence-electron chi connectivity index (χ3n) is 8.99. The fourth-order valence-corrected chi connectivity index (χ4v) is 6.29.